The third kappa shape index (κ3) is 2.74. The lowest BCUT2D eigenvalue weighted by Gasteiger charge is -2.11. The third-order valence-electron chi connectivity index (χ3n) is 3.67. The van der Waals surface area contributed by atoms with Crippen LogP contribution in [-0.2, 0) is 14.8 Å². The molecule has 3 aromatic rings. The molecule has 0 N–H and O–H groups in total. The molecule has 1 heterocycles. The number of carbonyl (C=O) groups is 1. The van der Waals surface area contributed by atoms with Crippen LogP contribution in [0.15, 0.2) is 57.9 Å². The molecule has 0 aliphatic carbocycles. The highest BCUT2D eigenvalue weighted by atomic mass is 79.9. The van der Waals surface area contributed by atoms with Crippen LogP contribution in [0.1, 0.15) is 16.1 Å². The van der Waals surface area contributed by atoms with Gasteiger partial charge in [-0.25, -0.2) is 17.2 Å². The van der Waals surface area contributed by atoms with Crippen LogP contribution in [0.5, 0.6) is 0 Å². The van der Waals surface area contributed by atoms with Gasteiger partial charge in [0.15, 0.2) is 0 Å². The van der Waals surface area contributed by atoms with Crippen molar-refractivity contribution in [3.05, 3.63) is 64.3 Å². The topological polar surface area (TPSA) is 65.4 Å². The molecule has 0 spiro atoms. The minimum Gasteiger partial charge on any atom is -0.464 e. The Morgan fingerprint density at radius 1 is 1.08 bits per heavy atom. The summed E-state index contributed by atoms with van der Waals surface area (Å²) in [6, 6.07) is 13.1. The number of halogens is 1. The summed E-state index contributed by atoms with van der Waals surface area (Å²) in [4.78, 5) is 12.2. The Morgan fingerprint density at radius 3 is 2.38 bits per heavy atom. The van der Waals surface area contributed by atoms with Crippen molar-refractivity contribution in [3.8, 4) is 0 Å². The van der Waals surface area contributed by atoms with Crippen molar-refractivity contribution < 1.29 is 17.9 Å². The number of hydrogen-bond donors (Lipinski definition) is 0. The van der Waals surface area contributed by atoms with Gasteiger partial charge < -0.3 is 4.74 Å². The molecule has 0 saturated heterocycles. The Balaban J connectivity index is 2.34. The predicted molar refractivity (Wildman–Crippen MR) is 94.7 cm³/mol. The van der Waals surface area contributed by atoms with Gasteiger partial charge in [0, 0.05) is 9.86 Å². The minimum absolute atomic E-state index is 0.0359. The monoisotopic (exact) mass is 407 g/mol. The normalized spacial score (nSPS) is 11.6. The number of hydrogen-bond acceptors (Lipinski definition) is 4. The van der Waals surface area contributed by atoms with Gasteiger partial charge in [0.2, 0.25) is 0 Å². The van der Waals surface area contributed by atoms with Crippen LogP contribution in [0.25, 0.3) is 10.9 Å². The number of ether oxygens (including phenoxy) is 1. The summed E-state index contributed by atoms with van der Waals surface area (Å²) in [7, 11) is -2.72. The van der Waals surface area contributed by atoms with Crippen molar-refractivity contribution in [1.82, 2.24) is 3.97 Å². The maximum Gasteiger partial charge on any atom is 0.355 e. The molecule has 0 aliphatic heterocycles. The van der Waals surface area contributed by atoms with Crippen molar-refractivity contribution in [2.75, 3.05) is 7.11 Å². The van der Waals surface area contributed by atoms with Crippen LogP contribution in [0.4, 0.5) is 0 Å². The number of carbonyl (C=O) groups excluding carboxylic acids is 1. The number of methoxy groups -OCH3 is 1. The molecule has 2 aromatic carbocycles. The second-order valence-electron chi connectivity index (χ2n) is 5.31. The summed E-state index contributed by atoms with van der Waals surface area (Å²) in [5.41, 5.74) is 1.33. The molecule has 0 amide bonds. The molecule has 0 unspecified atom stereocenters. The molecule has 5 nitrogen and oxygen atoms in total. The Labute approximate surface area is 148 Å². The summed E-state index contributed by atoms with van der Waals surface area (Å²) < 4.78 is 32.8. The van der Waals surface area contributed by atoms with E-state index in [9.17, 15) is 13.2 Å². The quantitative estimate of drug-likeness (QED) is 0.620. The van der Waals surface area contributed by atoms with Gasteiger partial charge in [0.05, 0.1) is 17.5 Å². The Bertz CT molecular complexity index is 1040. The van der Waals surface area contributed by atoms with Gasteiger partial charge in [-0.15, -0.1) is 0 Å². The van der Waals surface area contributed by atoms with E-state index in [0.29, 0.717) is 10.9 Å². The molecule has 1 aromatic heterocycles. The van der Waals surface area contributed by atoms with Gasteiger partial charge in [-0.05, 0) is 43.3 Å². The van der Waals surface area contributed by atoms with Crippen molar-refractivity contribution >= 4 is 42.8 Å². The van der Waals surface area contributed by atoms with E-state index in [1.165, 1.54) is 25.3 Å². The summed E-state index contributed by atoms with van der Waals surface area (Å²) in [5.74, 6) is -0.710. The second kappa shape index (κ2) is 6.07. The van der Waals surface area contributed by atoms with E-state index >= 15 is 0 Å². The zero-order chi connectivity index (χ0) is 17.5. The van der Waals surface area contributed by atoms with Crippen molar-refractivity contribution in [2.45, 2.75) is 11.8 Å². The molecule has 7 heteroatoms. The largest absolute Gasteiger partial charge is 0.464 e. The number of nitrogens with zero attached hydrogens (tertiary/aromatic N) is 1. The Morgan fingerprint density at radius 2 is 1.75 bits per heavy atom. The molecule has 24 heavy (non-hydrogen) atoms. The highest BCUT2D eigenvalue weighted by molar-refractivity contribution is 9.10. The van der Waals surface area contributed by atoms with Crippen LogP contribution < -0.4 is 0 Å². The molecule has 0 saturated carbocycles. The fourth-order valence-electron chi connectivity index (χ4n) is 2.48. The van der Waals surface area contributed by atoms with E-state index in [0.717, 1.165) is 14.0 Å². The molecule has 0 fully saturated rings. The maximum atomic E-state index is 13.1. The van der Waals surface area contributed by atoms with Gasteiger partial charge >= 0.3 is 5.97 Å². The lowest BCUT2D eigenvalue weighted by molar-refractivity contribution is 0.0593. The third-order valence-corrected chi connectivity index (χ3v) is 5.91. The highest BCUT2D eigenvalue weighted by Crippen LogP contribution is 2.28. The molecule has 0 bridgehead atoms. The summed E-state index contributed by atoms with van der Waals surface area (Å²) in [5, 5.41) is 0.625. The van der Waals surface area contributed by atoms with Gasteiger partial charge in [0.25, 0.3) is 10.0 Å². The van der Waals surface area contributed by atoms with E-state index in [-0.39, 0.29) is 10.6 Å². The maximum absolute atomic E-state index is 13.1. The van der Waals surface area contributed by atoms with Crippen molar-refractivity contribution in [1.29, 1.82) is 0 Å². The van der Waals surface area contributed by atoms with E-state index in [4.69, 9.17) is 4.74 Å². The fourth-order valence-corrected chi connectivity index (χ4v) is 4.36. The average Bonchev–Trinajstić information content (AvgIpc) is 2.93. The van der Waals surface area contributed by atoms with Gasteiger partial charge in [0.1, 0.15) is 5.69 Å². The smallest absolute Gasteiger partial charge is 0.355 e. The van der Waals surface area contributed by atoms with Gasteiger partial charge in [-0.2, -0.15) is 0 Å². The predicted octanol–water partition coefficient (Wildman–Crippen LogP) is 3.74. The summed E-state index contributed by atoms with van der Waals surface area (Å²) in [6.07, 6.45) is 0. The molecule has 0 atom stereocenters. The number of rotatable bonds is 3. The number of aromatic nitrogens is 1. The lowest BCUT2D eigenvalue weighted by Crippen LogP contribution is -2.19. The molecule has 0 radical (unpaired) electrons. The second-order valence-corrected chi connectivity index (χ2v) is 8.01. The van der Waals surface area contributed by atoms with Crippen LogP contribution in [0.3, 0.4) is 0 Å². The van der Waals surface area contributed by atoms with E-state index < -0.39 is 16.0 Å². The first-order valence-electron chi connectivity index (χ1n) is 7.06. The Kier molecular flexibility index (Phi) is 4.23. The van der Waals surface area contributed by atoms with Crippen molar-refractivity contribution in [2.24, 2.45) is 0 Å². The molecular formula is C17H14BrNO4S. The summed E-state index contributed by atoms with van der Waals surface area (Å²) >= 11 is 3.35. The number of benzene rings is 2. The SMILES string of the molecule is COC(=O)c1cc2cc(Br)ccc2n1S(=O)(=O)c1ccc(C)cc1. The van der Waals surface area contributed by atoms with Crippen LogP contribution in [0, 0.1) is 6.92 Å². The van der Waals surface area contributed by atoms with E-state index in [1.54, 1.807) is 30.3 Å². The fraction of sp³-hybridized carbons (Fsp3) is 0.118. The first-order chi connectivity index (χ1) is 11.3. The zero-order valence-corrected chi connectivity index (χ0v) is 15.4. The molecule has 124 valence electrons. The van der Waals surface area contributed by atoms with E-state index in [1.807, 2.05) is 6.92 Å². The number of esters is 1. The van der Waals surface area contributed by atoms with Gasteiger partial charge in [-0.1, -0.05) is 33.6 Å². The van der Waals surface area contributed by atoms with Crippen LogP contribution in [0.2, 0.25) is 0 Å². The van der Waals surface area contributed by atoms with Gasteiger partial charge in [-0.3, -0.25) is 0 Å². The molecular weight excluding hydrogens is 394 g/mol. The van der Waals surface area contributed by atoms with Crippen LogP contribution >= 0.6 is 15.9 Å². The first-order valence-corrected chi connectivity index (χ1v) is 9.29. The van der Waals surface area contributed by atoms with Crippen LogP contribution in [-0.4, -0.2) is 25.5 Å². The number of fused-ring (bicyclic) bond motifs is 1. The minimum atomic E-state index is -3.94. The van der Waals surface area contributed by atoms with Crippen molar-refractivity contribution in [3.63, 3.8) is 0 Å². The standard InChI is InChI=1S/C17H14BrNO4S/c1-11-3-6-14(7-4-11)24(21,22)19-15-8-5-13(18)9-12(15)10-16(19)17(20)23-2/h3-10H,1-2H3. The lowest BCUT2D eigenvalue weighted by atomic mass is 10.2. The summed E-state index contributed by atoms with van der Waals surface area (Å²) in [6.45, 7) is 1.87. The molecule has 3 rings (SSSR count). The average molecular weight is 408 g/mol. The molecule has 0 aliphatic rings. The first kappa shape index (κ1) is 16.7. The highest BCUT2D eigenvalue weighted by Gasteiger charge is 2.26. The Hall–Kier alpha value is -2.12. The zero-order valence-electron chi connectivity index (χ0n) is 13.0. The number of aryl methyl sites for hydroxylation is 1. The van der Waals surface area contributed by atoms with E-state index in [2.05, 4.69) is 15.9 Å².